The first-order valence-corrected chi connectivity index (χ1v) is 4.37. The number of hydrogen-bond acceptors (Lipinski definition) is 5. The van der Waals surface area contributed by atoms with E-state index < -0.39 is 10.9 Å². The molecule has 0 saturated carbocycles. The predicted molar refractivity (Wildman–Crippen MR) is 54.2 cm³/mol. The van der Waals surface area contributed by atoms with E-state index in [2.05, 4.69) is 4.74 Å². The number of non-ortho nitro benzene ring substituents is 1. The van der Waals surface area contributed by atoms with Crippen LogP contribution in [-0.2, 0) is 4.74 Å². The van der Waals surface area contributed by atoms with Gasteiger partial charge in [0.05, 0.1) is 29.9 Å². The molecule has 0 aliphatic heterocycles. The van der Waals surface area contributed by atoms with E-state index in [1.54, 1.807) is 6.07 Å². The van der Waals surface area contributed by atoms with Crippen molar-refractivity contribution in [3.63, 3.8) is 0 Å². The number of nitro groups is 1. The lowest BCUT2D eigenvalue weighted by molar-refractivity contribution is -0.384. The van der Waals surface area contributed by atoms with Crippen LogP contribution in [0.4, 0.5) is 5.69 Å². The van der Waals surface area contributed by atoms with Crippen molar-refractivity contribution in [2.75, 3.05) is 7.11 Å². The highest BCUT2D eigenvalue weighted by Crippen LogP contribution is 2.26. The number of hydrogen-bond donors (Lipinski definition) is 0. The zero-order chi connectivity index (χ0) is 11.7. The second kappa shape index (κ2) is 3.65. The molecule has 6 heteroatoms. The Balaban J connectivity index is 2.73. The van der Waals surface area contributed by atoms with Gasteiger partial charge in [0.25, 0.3) is 5.69 Å². The Hall–Kier alpha value is -2.37. The molecule has 16 heavy (non-hydrogen) atoms. The summed E-state index contributed by atoms with van der Waals surface area (Å²) in [4.78, 5) is 21.5. The second-order valence-corrected chi connectivity index (χ2v) is 3.07. The lowest BCUT2D eigenvalue weighted by atomic mass is 10.1. The van der Waals surface area contributed by atoms with Crippen molar-refractivity contribution in [3.8, 4) is 0 Å². The summed E-state index contributed by atoms with van der Waals surface area (Å²) in [6.45, 7) is 0. The number of ether oxygens (including phenoxy) is 1. The first-order valence-electron chi connectivity index (χ1n) is 4.37. The Kier molecular flexibility index (Phi) is 2.32. The second-order valence-electron chi connectivity index (χ2n) is 3.07. The molecule has 0 unspecified atom stereocenters. The number of nitrogens with zero attached hydrogens (tertiary/aromatic N) is 1. The van der Waals surface area contributed by atoms with Crippen molar-refractivity contribution in [2.24, 2.45) is 0 Å². The van der Waals surface area contributed by atoms with Crippen LogP contribution in [-0.4, -0.2) is 18.0 Å². The molecule has 0 amide bonds. The largest absolute Gasteiger partial charge is 0.465 e. The fourth-order valence-corrected chi connectivity index (χ4v) is 1.44. The summed E-state index contributed by atoms with van der Waals surface area (Å²) in [5.74, 6) is -0.630. The SMILES string of the molecule is COC(=O)c1cc([N+](=O)[O-])cc2occc12. The van der Waals surface area contributed by atoms with Crippen molar-refractivity contribution in [2.45, 2.75) is 0 Å². The minimum Gasteiger partial charge on any atom is -0.465 e. The van der Waals surface area contributed by atoms with E-state index in [1.165, 1.54) is 25.5 Å². The third kappa shape index (κ3) is 1.50. The quantitative estimate of drug-likeness (QED) is 0.440. The maximum Gasteiger partial charge on any atom is 0.338 e. The monoisotopic (exact) mass is 221 g/mol. The molecular weight excluding hydrogens is 214 g/mol. The first kappa shape index (κ1) is 10.2. The molecular formula is C10H7NO5. The van der Waals surface area contributed by atoms with Gasteiger partial charge in [-0.05, 0) is 6.07 Å². The summed E-state index contributed by atoms with van der Waals surface area (Å²) in [5.41, 5.74) is 0.206. The smallest absolute Gasteiger partial charge is 0.338 e. The number of rotatable bonds is 2. The highest BCUT2D eigenvalue weighted by molar-refractivity contribution is 6.04. The summed E-state index contributed by atoms with van der Waals surface area (Å²) in [7, 11) is 1.22. The molecule has 82 valence electrons. The van der Waals surface area contributed by atoms with E-state index in [9.17, 15) is 14.9 Å². The molecule has 0 spiro atoms. The van der Waals surface area contributed by atoms with Crippen LogP contribution in [0.5, 0.6) is 0 Å². The van der Waals surface area contributed by atoms with Crippen LogP contribution < -0.4 is 0 Å². The van der Waals surface area contributed by atoms with Crippen LogP contribution in [0.2, 0.25) is 0 Å². The van der Waals surface area contributed by atoms with Crippen molar-refractivity contribution < 1.29 is 18.9 Å². The molecule has 1 aromatic heterocycles. The zero-order valence-electron chi connectivity index (χ0n) is 8.30. The lowest BCUT2D eigenvalue weighted by Crippen LogP contribution is -2.02. The number of carbonyl (C=O) groups excluding carboxylic acids is 1. The Labute approximate surface area is 89.6 Å². The van der Waals surface area contributed by atoms with E-state index in [4.69, 9.17) is 4.42 Å². The van der Waals surface area contributed by atoms with Crippen LogP contribution in [0.3, 0.4) is 0 Å². The standard InChI is InChI=1S/C10H7NO5/c1-15-10(12)8-4-6(11(13)14)5-9-7(8)2-3-16-9/h2-5H,1H3. The first-order chi connectivity index (χ1) is 7.63. The van der Waals surface area contributed by atoms with Gasteiger partial charge in [0.2, 0.25) is 0 Å². The number of furan rings is 1. The van der Waals surface area contributed by atoms with Gasteiger partial charge in [-0.25, -0.2) is 4.79 Å². The number of carbonyl (C=O) groups is 1. The number of nitro benzene ring substituents is 1. The predicted octanol–water partition coefficient (Wildman–Crippen LogP) is 2.13. The Morgan fingerprint density at radius 1 is 1.50 bits per heavy atom. The van der Waals surface area contributed by atoms with E-state index in [-0.39, 0.29) is 16.8 Å². The average molecular weight is 221 g/mol. The highest BCUT2D eigenvalue weighted by Gasteiger charge is 2.18. The maximum absolute atomic E-state index is 11.4. The van der Waals surface area contributed by atoms with Gasteiger partial charge >= 0.3 is 5.97 Å². The average Bonchev–Trinajstić information content (AvgIpc) is 2.74. The molecule has 1 aromatic carbocycles. The number of benzene rings is 1. The molecule has 0 radical (unpaired) electrons. The minimum absolute atomic E-state index is 0.125. The van der Waals surface area contributed by atoms with E-state index in [0.717, 1.165) is 0 Å². The molecule has 1 heterocycles. The molecule has 0 bridgehead atoms. The summed E-state index contributed by atoms with van der Waals surface area (Å²) >= 11 is 0. The van der Waals surface area contributed by atoms with Gasteiger partial charge in [-0.2, -0.15) is 0 Å². The van der Waals surface area contributed by atoms with Gasteiger partial charge in [-0.3, -0.25) is 10.1 Å². The van der Waals surface area contributed by atoms with Gasteiger partial charge in [0.1, 0.15) is 5.58 Å². The highest BCUT2D eigenvalue weighted by atomic mass is 16.6. The molecule has 0 atom stereocenters. The molecule has 2 aromatic rings. The van der Waals surface area contributed by atoms with Gasteiger partial charge in [0.15, 0.2) is 0 Å². The van der Waals surface area contributed by atoms with Crippen LogP contribution in [0.15, 0.2) is 28.9 Å². The lowest BCUT2D eigenvalue weighted by Gasteiger charge is -2.00. The molecule has 2 rings (SSSR count). The zero-order valence-corrected chi connectivity index (χ0v) is 8.30. The van der Waals surface area contributed by atoms with Crippen LogP contribution in [0.1, 0.15) is 10.4 Å². The number of fused-ring (bicyclic) bond motifs is 1. The molecule has 6 nitrogen and oxygen atoms in total. The summed E-state index contributed by atoms with van der Waals surface area (Å²) in [5, 5.41) is 11.1. The van der Waals surface area contributed by atoms with Crippen LogP contribution in [0, 0.1) is 10.1 Å². The Morgan fingerprint density at radius 2 is 2.25 bits per heavy atom. The van der Waals surface area contributed by atoms with E-state index >= 15 is 0 Å². The van der Waals surface area contributed by atoms with Crippen LogP contribution >= 0.6 is 0 Å². The van der Waals surface area contributed by atoms with Crippen molar-refractivity contribution in [1.29, 1.82) is 0 Å². The minimum atomic E-state index is -0.630. The van der Waals surface area contributed by atoms with Gasteiger partial charge in [0, 0.05) is 11.5 Å². The van der Waals surface area contributed by atoms with Crippen LogP contribution in [0.25, 0.3) is 11.0 Å². The Morgan fingerprint density at radius 3 is 2.88 bits per heavy atom. The van der Waals surface area contributed by atoms with Crippen molar-refractivity contribution >= 4 is 22.6 Å². The normalized spacial score (nSPS) is 10.3. The number of esters is 1. The number of methoxy groups -OCH3 is 1. The molecule has 0 aliphatic rings. The van der Waals surface area contributed by atoms with Crippen molar-refractivity contribution in [1.82, 2.24) is 0 Å². The van der Waals surface area contributed by atoms with Gasteiger partial charge in [-0.15, -0.1) is 0 Å². The van der Waals surface area contributed by atoms with E-state index in [0.29, 0.717) is 5.39 Å². The Bertz CT molecular complexity index is 572. The maximum atomic E-state index is 11.4. The summed E-state index contributed by atoms with van der Waals surface area (Å²) in [6.07, 6.45) is 1.36. The fourth-order valence-electron chi connectivity index (χ4n) is 1.44. The topological polar surface area (TPSA) is 82.6 Å². The fraction of sp³-hybridized carbons (Fsp3) is 0.100. The summed E-state index contributed by atoms with van der Waals surface area (Å²) < 4.78 is 9.58. The molecule has 0 saturated heterocycles. The summed E-state index contributed by atoms with van der Waals surface area (Å²) in [6, 6.07) is 4.00. The van der Waals surface area contributed by atoms with E-state index in [1.807, 2.05) is 0 Å². The molecule has 0 aliphatic carbocycles. The van der Waals surface area contributed by atoms with Gasteiger partial charge < -0.3 is 9.15 Å². The van der Waals surface area contributed by atoms with Crippen molar-refractivity contribution in [3.05, 3.63) is 40.1 Å². The molecule has 0 fully saturated rings. The molecule has 0 N–H and O–H groups in total. The third-order valence-electron chi connectivity index (χ3n) is 2.17. The third-order valence-corrected chi connectivity index (χ3v) is 2.17. The van der Waals surface area contributed by atoms with Gasteiger partial charge in [-0.1, -0.05) is 0 Å².